The summed E-state index contributed by atoms with van der Waals surface area (Å²) in [7, 11) is 0. The van der Waals surface area contributed by atoms with Gasteiger partial charge in [0.1, 0.15) is 0 Å². The fraction of sp³-hybridized carbons (Fsp3) is 0.0500. The van der Waals surface area contributed by atoms with Gasteiger partial charge >= 0.3 is 12.1 Å². The number of carboxylic acids is 1. The van der Waals surface area contributed by atoms with Gasteiger partial charge in [0, 0.05) is 0 Å². The van der Waals surface area contributed by atoms with Crippen LogP contribution < -0.4 is 10.1 Å². The van der Waals surface area contributed by atoms with E-state index >= 15 is 0 Å². The Morgan fingerprint density at radius 2 is 1.71 bits per heavy atom. The molecule has 1 aliphatic heterocycles. The molecule has 28 heavy (non-hydrogen) atoms. The Kier molecular flexibility index (Phi) is 4.19. The van der Waals surface area contributed by atoms with Crippen molar-refractivity contribution in [3.63, 3.8) is 0 Å². The van der Waals surface area contributed by atoms with Crippen molar-refractivity contribution in [1.82, 2.24) is 0 Å². The van der Waals surface area contributed by atoms with Crippen LogP contribution in [0.2, 0.25) is 5.02 Å². The Morgan fingerprint density at radius 3 is 2.39 bits per heavy atom. The maximum atomic E-state index is 12.9. The smallest absolute Gasteiger partial charge is 0.417 e. The summed E-state index contributed by atoms with van der Waals surface area (Å²) in [6, 6.07) is 13.2. The number of hydrogen-bond acceptors (Lipinski definition) is 3. The second kappa shape index (κ2) is 6.45. The first-order chi connectivity index (χ1) is 13.2. The Morgan fingerprint density at radius 1 is 1.00 bits per heavy atom. The molecule has 8 heteroatoms. The molecule has 0 aromatic heterocycles. The molecule has 0 unspecified atom stereocenters. The van der Waals surface area contributed by atoms with Gasteiger partial charge in [0.05, 0.1) is 27.5 Å². The summed E-state index contributed by atoms with van der Waals surface area (Å²) >= 11 is 5.80. The van der Waals surface area contributed by atoms with E-state index in [1.165, 1.54) is 18.2 Å². The van der Waals surface area contributed by atoms with Crippen molar-refractivity contribution >= 4 is 28.9 Å². The molecule has 3 aromatic carbocycles. The van der Waals surface area contributed by atoms with E-state index in [0.29, 0.717) is 34.0 Å². The van der Waals surface area contributed by atoms with Crippen molar-refractivity contribution in [1.29, 1.82) is 0 Å². The standard InChI is InChI=1S/C20H11ClF3NO3/c21-14-8-10(4-6-13(14)20(22,23)24)11-5-7-16-15(9-11)25-18-12(19(26)27)2-1-3-17(18)28-16/h1-9,25H,(H,26,27). The molecule has 0 aliphatic carbocycles. The minimum Gasteiger partial charge on any atom is -0.478 e. The number of halogens is 4. The maximum Gasteiger partial charge on any atom is 0.417 e. The van der Waals surface area contributed by atoms with Gasteiger partial charge in [-0.25, -0.2) is 4.79 Å². The SMILES string of the molecule is O=C(O)c1cccc2c1Nc1cc(-c3ccc(C(F)(F)F)c(Cl)c3)ccc1O2. The second-order valence-electron chi connectivity index (χ2n) is 6.11. The van der Waals surface area contributed by atoms with Crippen LogP contribution in [0.4, 0.5) is 24.5 Å². The monoisotopic (exact) mass is 405 g/mol. The Bertz CT molecular complexity index is 1110. The van der Waals surface area contributed by atoms with Crippen molar-refractivity contribution in [2.75, 3.05) is 5.32 Å². The summed E-state index contributed by atoms with van der Waals surface area (Å²) in [4.78, 5) is 11.4. The lowest BCUT2D eigenvalue weighted by atomic mass is 10.0. The zero-order valence-corrected chi connectivity index (χ0v) is 14.7. The molecule has 2 N–H and O–H groups in total. The average Bonchev–Trinajstić information content (AvgIpc) is 2.64. The Hall–Kier alpha value is -3.19. The quantitative estimate of drug-likeness (QED) is 0.396. The number of nitrogens with one attached hydrogen (secondary N) is 1. The molecule has 142 valence electrons. The van der Waals surface area contributed by atoms with Crippen LogP contribution in [0, 0.1) is 0 Å². The third-order valence-electron chi connectivity index (χ3n) is 4.32. The highest BCUT2D eigenvalue weighted by atomic mass is 35.5. The van der Waals surface area contributed by atoms with Crippen LogP contribution in [-0.2, 0) is 6.18 Å². The number of anilines is 2. The number of benzene rings is 3. The highest BCUT2D eigenvalue weighted by Gasteiger charge is 2.33. The van der Waals surface area contributed by atoms with Gasteiger partial charge in [0.15, 0.2) is 11.5 Å². The molecule has 0 saturated carbocycles. The molecule has 0 radical (unpaired) electrons. The van der Waals surface area contributed by atoms with E-state index in [-0.39, 0.29) is 5.56 Å². The minimum absolute atomic E-state index is 0.0473. The van der Waals surface area contributed by atoms with Gasteiger partial charge < -0.3 is 15.2 Å². The Labute approximate surface area is 162 Å². The van der Waals surface area contributed by atoms with E-state index in [9.17, 15) is 23.1 Å². The van der Waals surface area contributed by atoms with E-state index in [1.54, 1.807) is 30.3 Å². The second-order valence-corrected chi connectivity index (χ2v) is 6.52. The molecule has 0 saturated heterocycles. The van der Waals surface area contributed by atoms with Gasteiger partial charge in [-0.1, -0.05) is 29.8 Å². The van der Waals surface area contributed by atoms with Crippen LogP contribution >= 0.6 is 11.6 Å². The predicted molar refractivity (Wildman–Crippen MR) is 98.6 cm³/mol. The molecule has 0 atom stereocenters. The van der Waals surface area contributed by atoms with Crippen LogP contribution in [0.15, 0.2) is 54.6 Å². The van der Waals surface area contributed by atoms with Gasteiger partial charge in [-0.3, -0.25) is 0 Å². The highest BCUT2D eigenvalue weighted by Crippen LogP contribution is 2.45. The molecule has 4 nitrogen and oxygen atoms in total. The van der Waals surface area contributed by atoms with E-state index < -0.39 is 22.7 Å². The first-order valence-electron chi connectivity index (χ1n) is 8.06. The third-order valence-corrected chi connectivity index (χ3v) is 4.64. The van der Waals surface area contributed by atoms with Crippen molar-refractivity contribution in [3.8, 4) is 22.6 Å². The number of alkyl halides is 3. The van der Waals surface area contributed by atoms with Crippen molar-refractivity contribution < 1.29 is 27.8 Å². The molecule has 0 fully saturated rings. The number of rotatable bonds is 2. The number of carboxylic acid groups (broad SMARTS) is 1. The number of carbonyl (C=O) groups is 1. The van der Waals surface area contributed by atoms with Gasteiger partial charge in [0.2, 0.25) is 0 Å². The first-order valence-corrected chi connectivity index (χ1v) is 8.44. The zero-order valence-electron chi connectivity index (χ0n) is 14.0. The summed E-state index contributed by atoms with van der Waals surface area (Å²) in [6.45, 7) is 0. The molecule has 0 bridgehead atoms. The lowest BCUT2D eigenvalue weighted by molar-refractivity contribution is -0.137. The summed E-state index contributed by atoms with van der Waals surface area (Å²) in [5.74, 6) is -0.267. The number of aromatic carboxylic acids is 1. The molecular formula is C20H11ClF3NO3. The van der Waals surface area contributed by atoms with E-state index in [4.69, 9.17) is 16.3 Å². The van der Waals surface area contributed by atoms with Crippen LogP contribution in [0.3, 0.4) is 0 Å². The summed E-state index contributed by atoms with van der Waals surface area (Å²) < 4.78 is 44.4. The summed E-state index contributed by atoms with van der Waals surface area (Å²) in [5, 5.41) is 12.0. The summed E-state index contributed by atoms with van der Waals surface area (Å²) in [5.41, 5.74) is 1.03. The number of fused-ring (bicyclic) bond motifs is 2. The molecule has 1 heterocycles. The predicted octanol–water partition coefficient (Wildman–Crippen LogP) is 6.57. The number of para-hydroxylation sites is 1. The van der Waals surface area contributed by atoms with Crippen molar-refractivity contribution in [3.05, 3.63) is 70.7 Å². The van der Waals surface area contributed by atoms with Crippen LogP contribution in [-0.4, -0.2) is 11.1 Å². The van der Waals surface area contributed by atoms with E-state index in [1.807, 2.05) is 0 Å². The third kappa shape index (κ3) is 3.14. The molecule has 4 rings (SSSR count). The topological polar surface area (TPSA) is 58.6 Å². The van der Waals surface area contributed by atoms with Crippen LogP contribution in [0.5, 0.6) is 11.5 Å². The largest absolute Gasteiger partial charge is 0.478 e. The van der Waals surface area contributed by atoms with Crippen LogP contribution in [0.25, 0.3) is 11.1 Å². The van der Waals surface area contributed by atoms with Crippen molar-refractivity contribution in [2.24, 2.45) is 0 Å². The molecule has 3 aromatic rings. The van der Waals surface area contributed by atoms with Gasteiger partial charge in [-0.15, -0.1) is 0 Å². The number of ether oxygens (including phenoxy) is 1. The van der Waals surface area contributed by atoms with E-state index in [2.05, 4.69) is 5.32 Å². The van der Waals surface area contributed by atoms with Gasteiger partial charge in [-0.05, 0) is 47.5 Å². The lowest BCUT2D eigenvalue weighted by Gasteiger charge is -2.23. The maximum absolute atomic E-state index is 12.9. The van der Waals surface area contributed by atoms with Gasteiger partial charge in [-0.2, -0.15) is 13.2 Å². The minimum atomic E-state index is -4.53. The van der Waals surface area contributed by atoms with E-state index in [0.717, 1.165) is 6.07 Å². The van der Waals surface area contributed by atoms with Gasteiger partial charge in [0.25, 0.3) is 0 Å². The first kappa shape index (κ1) is 18.2. The molecule has 1 aliphatic rings. The molecule has 0 spiro atoms. The highest BCUT2D eigenvalue weighted by molar-refractivity contribution is 6.31. The zero-order chi connectivity index (χ0) is 20.1. The number of hydrogen-bond donors (Lipinski definition) is 2. The fourth-order valence-electron chi connectivity index (χ4n) is 3.00. The average molecular weight is 406 g/mol. The molecular weight excluding hydrogens is 395 g/mol. The summed E-state index contributed by atoms with van der Waals surface area (Å²) in [6.07, 6.45) is -4.53. The Balaban J connectivity index is 1.73. The normalized spacial score (nSPS) is 12.4. The lowest BCUT2D eigenvalue weighted by Crippen LogP contribution is -2.09. The van der Waals surface area contributed by atoms with Crippen molar-refractivity contribution in [2.45, 2.75) is 6.18 Å². The van der Waals surface area contributed by atoms with Crippen LogP contribution in [0.1, 0.15) is 15.9 Å². The fourth-order valence-corrected chi connectivity index (χ4v) is 3.28. The molecule has 0 amide bonds.